The quantitative estimate of drug-likeness (QED) is 0.121. The topological polar surface area (TPSA) is 131 Å². The Kier molecular flexibility index (Phi) is 14.3. The van der Waals surface area contributed by atoms with Gasteiger partial charge in [0.2, 0.25) is 0 Å². The summed E-state index contributed by atoms with van der Waals surface area (Å²) in [6, 6.07) is 5.14. The maximum Gasteiger partial charge on any atom is 2.00 e. The van der Waals surface area contributed by atoms with Crippen molar-refractivity contribution in [1.82, 2.24) is 5.32 Å². The number of anilines is 1. The van der Waals surface area contributed by atoms with Crippen LogP contribution in [-0.4, -0.2) is 41.8 Å². The minimum absolute atomic E-state index is 0. The molecule has 0 amide bonds. The first-order chi connectivity index (χ1) is 11.6. The van der Waals surface area contributed by atoms with Crippen molar-refractivity contribution in [3.63, 3.8) is 0 Å². The Morgan fingerprint density at radius 1 is 0.963 bits per heavy atom. The SMILES string of the molecule is CNC([S-])=NN=C(C)C(C)=NN=C([S-])Nc1ccc(S(=O)(=O)[O-])cc1.[Cu+2].[Na+]. The summed E-state index contributed by atoms with van der Waals surface area (Å²) in [6.45, 7) is 3.37. The minimum atomic E-state index is -4.48. The molecule has 0 fully saturated rings. The molecule has 145 valence electrons. The normalized spacial score (nSPS) is 13.3. The van der Waals surface area contributed by atoms with Gasteiger partial charge in [0.1, 0.15) is 10.1 Å². The number of nitrogens with zero attached hydrogens (tertiary/aromatic N) is 4. The molecule has 1 aromatic rings. The van der Waals surface area contributed by atoms with Crippen LogP contribution in [0.2, 0.25) is 0 Å². The van der Waals surface area contributed by atoms with E-state index in [-0.39, 0.29) is 61.9 Å². The molecule has 0 spiro atoms. The predicted octanol–water partition coefficient (Wildman–Crippen LogP) is -2.22. The molecule has 0 unspecified atom stereocenters. The van der Waals surface area contributed by atoms with E-state index in [1.165, 1.54) is 24.3 Å². The van der Waals surface area contributed by atoms with Crippen LogP contribution in [0.1, 0.15) is 13.8 Å². The zero-order chi connectivity index (χ0) is 19.0. The van der Waals surface area contributed by atoms with Gasteiger partial charge in [0.05, 0.1) is 16.3 Å². The molecule has 0 aliphatic rings. The van der Waals surface area contributed by atoms with Gasteiger partial charge in [-0.15, -0.1) is 0 Å². The van der Waals surface area contributed by atoms with Crippen LogP contribution in [0.3, 0.4) is 0 Å². The Morgan fingerprint density at radius 2 is 1.41 bits per heavy atom. The Bertz CT molecular complexity index is 841. The molecular formula is C13H15CuN6NaO3S3. The van der Waals surface area contributed by atoms with Gasteiger partial charge in [-0.05, 0) is 43.3 Å². The summed E-state index contributed by atoms with van der Waals surface area (Å²) in [4.78, 5) is -0.329. The predicted molar refractivity (Wildman–Crippen MR) is 103 cm³/mol. The van der Waals surface area contributed by atoms with E-state index in [2.05, 4.69) is 31.0 Å². The smallest absolute Gasteiger partial charge is 0.744 e. The number of rotatable bonds is 5. The molecule has 1 radical (unpaired) electrons. The van der Waals surface area contributed by atoms with E-state index in [1.54, 1.807) is 20.9 Å². The van der Waals surface area contributed by atoms with Crippen molar-refractivity contribution in [3.8, 4) is 0 Å². The molecule has 0 saturated carbocycles. The summed E-state index contributed by atoms with van der Waals surface area (Å²) in [5.74, 6) is 0. The Labute approximate surface area is 202 Å². The fourth-order valence-electron chi connectivity index (χ4n) is 1.29. The number of benzene rings is 1. The molecule has 9 nitrogen and oxygen atoms in total. The number of hydrogen-bond donors (Lipinski definition) is 2. The molecule has 0 aliphatic heterocycles. The van der Waals surface area contributed by atoms with Gasteiger partial charge in [-0.2, -0.15) is 20.4 Å². The number of nitrogens with one attached hydrogen (secondary N) is 2. The van der Waals surface area contributed by atoms with Crippen molar-refractivity contribution in [1.29, 1.82) is 0 Å². The molecule has 2 N–H and O–H groups in total. The standard InChI is InChI=1S/C13H18N6O3S3.Cu.Na/c1-8(16-18-12(23)14-3)9(2)17-19-13(24)15-10-4-6-11(7-5-10)25(20,21)22;;/h4-7H,1-3H3,(H2,14,18,23)(H2,15,19,24)(H,20,21,22);;/q;+2;+1/p-3. The van der Waals surface area contributed by atoms with Gasteiger partial charge < -0.3 is 40.4 Å². The molecule has 14 heteroatoms. The zero-order valence-electron chi connectivity index (χ0n) is 14.8. The van der Waals surface area contributed by atoms with Crippen LogP contribution < -0.4 is 40.2 Å². The minimum Gasteiger partial charge on any atom is -0.744 e. The van der Waals surface area contributed by atoms with Gasteiger partial charge in [-0.3, -0.25) is 0 Å². The van der Waals surface area contributed by atoms with Gasteiger partial charge in [-0.1, -0.05) is 0 Å². The van der Waals surface area contributed by atoms with Crippen molar-refractivity contribution < 1.29 is 59.6 Å². The van der Waals surface area contributed by atoms with Crippen LogP contribution in [0.25, 0.3) is 0 Å². The molecule has 0 aliphatic carbocycles. The average Bonchev–Trinajstić information content (AvgIpc) is 2.56. The van der Waals surface area contributed by atoms with E-state index in [1.807, 2.05) is 0 Å². The van der Waals surface area contributed by atoms with Crippen LogP contribution in [0.5, 0.6) is 0 Å². The van der Waals surface area contributed by atoms with E-state index >= 15 is 0 Å². The van der Waals surface area contributed by atoms with E-state index in [0.29, 0.717) is 17.1 Å². The molecule has 0 heterocycles. The average molecular weight is 486 g/mol. The van der Waals surface area contributed by atoms with E-state index < -0.39 is 10.1 Å². The summed E-state index contributed by atoms with van der Waals surface area (Å²) < 4.78 is 32.6. The molecular weight excluding hydrogens is 471 g/mol. The van der Waals surface area contributed by atoms with Crippen LogP contribution in [0.4, 0.5) is 5.69 Å². The first-order valence-electron chi connectivity index (χ1n) is 6.73. The van der Waals surface area contributed by atoms with Crippen molar-refractivity contribution in [3.05, 3.63) is 24.3 Å². The van der Waals surface area contributed by atoms with Crippen molar-refractivity contribution in [2.45, 2.75) is 18.7 Å². The molecule has 27 heavy (non-hydrogen) atoms. The summed E-state index contributed by atoms with van der Waals surface area (Å²) in [5, 5.41) is 21.1. The molecule has 0 bridgehead atoms. The summed E-state index contributed by atoms with van der Waals surface area (Å²) in [7, 11) is -2.85. The molecule has 1 rings (SSSR count). The van der Waals surface area contributed by atoms with Gasteiger partial charge in [0, 0.05) is 17.9 Å². The largest absolute Gasteiger partial charge is 2.00 e. The fraction of sp³-hybridized carbons (Fsp3) is 0.231. The van der Waals surface area contributed by atoms with Gasteiger partial charge in [0.15, 0.2) is 0 Å². The zero-order valence-corrected chi connectivity index (χ0v) is 20.2. The molecule has 0 atom stereocenters. The van der Waals surface area contributed by atoms with E-state index in [9.17, 15) is 13.0 Å². The van der Waals surface area contributed by atoms with E-state index in [0.717, 1.165) is 0 Å². The Morgan fingerprint density at radius 3 is 1.81 bits per heavy atom. The number of amidine groups is 2. The molecule has 1 aromatic carbocycles. The van der Waals surface area contributed by atoms with Crippen molar-refractivity contribution in [2.75, 3.05) is 12.4 Å². The third-order valence-electron chi connectivity index (χ3n) is 2.71. The maximum atomic E-state index is 10.9. The van der Waals surface area contributed by atoms with Gasteiger partial charge in [-0.25, -0.2) is 8.42 Å². The van der Waals surface area contributed by atoms with Crippen molar-refractivity contribution in [2.24, 2.45) is 20.4 Å². The van der Waals surface area contributed by atoms with Crippen LogP contribution in [-0.2, 0) is 52.4 Å². The molecule has 0 aromatic heterocycles. The van der Waals surface area contributed by atoms with Crippen LogP contribution in [0.15, 0.2) is 49.6 Å². The summed E-state index contributed by atoms with van der Waals surface area (Å²) in [5.41, 5.74) is 1.46. The van der Waals surface area contributed by atoms with Crippen molar-refractivity contribution >= 4 is 62.8 Å². The van der Waals surface area contributed by atoms with Gasteiger partial charge >= 0.3 is 46.6 Å². The van der Waals surface area contributed by atoms with E-state index in [4.69, 9.17) is 25.3 Å². The number of hydrogen-bond acceptors (Lipinski definition) is 9. The second kappa shape index (κ2) is 13.5. The summed E-state index contributed by atoms with van der Waals surface area (Å²) >= 11 is 9.85. The second-order valence-corrected chi connectivity index (χ2v) is 6.69. The summed E-state index contributed by atoms with van der Waals surface area (Å²) in [6.07, 6.45) is 0. The second-order valence-electron chi connectivity index (χ2n) is 4.53. The monoisotopic (exact) mass is 485 g/mol. The fourth-order valence-corrected chi connectivity index (χ4v) is 1.96. The third-order valence-corrected chi connectivity index (χ3v) is 4.03. The van der Waals surface area contributed by atoms with Crippen LogP contribution in [0, 0.1) is 0 Å². The molecule has 0 saturated heterocycles. The maximum absolute atomic E-state index is 10.9. The Hall–Kier alpha value is -0.631. The first-order valence-corrected chi connectivity index (χ1v) is 8.95. The Balaban J connectivity index is 0. The van der Waals surface area contributed by atoms with Gasteiger partial charge in [0.25, 0.3) is 0 Å². The third kappa shape index (κ3) is 11.1. The first kappa shape index (κ1) is 28.6. The van der Waals surface area contributed by atoms with Crippen LogP contribution >= 0.6 is 0 Å².